The molecular formula is C10H11ClO2S. The molecule has 0 atom stereocenters. The summed E-state index contributed by atoms with van der Waals surface area (Å²) in [6.45, 7) is 3.90. The summed E-state index contributed by atoms with van der Waals surface area (Å²) >= 11 is 10.0. The Bertz CT molecular complexity index is 363. The predicted molar refractivity (Wildman–Crippen MR) is 59.4 cm³/mol. The maximum atomic E-state index is 11.5. The van der Waals surface area contributed by atoms with Crippen LogP contribution >= 0.6 is 24.2 Å². The minimum Gasteiger partial charge on any atom is -0.462 e. The standard InChI is InChI=1S/C10H11ClO2S/c1-3-13-10(12)8-4-7(14)5-9(11)6(8)2/h4-5,14H,3H2,1-2H3. The van der Waals surface area contributed by atoms with Crippen molar-refractivity contribution in [2.75, 3.05) is 6.61 Å². The SMILES string of the molecule is CCOC(=O)c1cc(S)cc(Cl)c1C. The Balaban J connectivity index is 3.13. The van der Waals surface area contributed by atoms with Gasteiger partial charge in [0.25, 0.3) is 0 Å². The van der Waals surface area contributed by atoms with Crippen LogP contribution < -0.4 is 0 Å². The lowest BCUT2D eigenvalue weighted by Gasteiger charge is -2.07. The Labute approximate surface area is 93.6 Å². The highest BCUT2D eigenvalue weighted by Gasteiger charge is 2.12. The molecule has 0 heterocycles. The largest absolute Gasteiger partial charge is 0.462 e. The summed E-state index contributed by atoms with van der Waals surface area (Å²) in [6.07, 6.45) is 0. The fraction of sp³-hybridized carbons (Fsp3) is 0.300. The molecule has 14 heavy (non-hydrogen) atoms. The third kappa shape index (κ3) is 2.42. The van der Waals surface area contributed by atoms with Gasteiger partial charge in [0.1, 0.15) is 0 Å². The van der Waals surface area contributed by atoms with Gasteiger partial charge in [0, 0.05) is 9.92 Å². The van der Waals surface area contributed by atoms with Gasteiger partial charge in [-0.15, -0.1) is 12.6 Å². The molecule has 1 rings (SSSR count). The van der Waals surface area contributed by atoms with Gasteiger partial charge in [-0.25, -0.2) is 4.79 Å². The molecule has 76 valence electrons. The highest BCUT2D eigenvalue weighted by atomic mass is 35.5. The average molecular weight is 231 g/mol. The number of halogens is 1. The van der Waals surface area contributed by atoms with Crippen molar-refractivity contribution >= 4 is 30.2 Å². The molecule has 0 aliphatic rings. The van der Waals surface area contributed by atoms with Crippen molar-refractivity contribution in [3.05, 3.63) is 28.3 Å². The number of carbonyl (C=O) groups is 1. The Morgan fingerprint density at radius 3 is 2.79 bits per heavy atom. The summed E-state index contributed by atoms with van der Waals surface area (Å²) in [4.78, 5) is 12.1. The van der Waals surface area contributed by atoms with Crippen LogP contribution in [-0.4, -0.2) is 12.6 Å². The fourth-order valence-corrected chi connectivity index (χ4v) is 1.64. The molecule has 0 saturated heterocycles. The van der Waals surface area contributed by atoms with Crippen molar-refractivity contribution in [1.29, 1.82) is 0 Å². The lowest BCUT2D eigenvalue weighted by atomic mass is 10.1. The molecule has 0 unspecified atom stereocenters. The molecule has 0 amide bonds. The van der Waals surface area contributed by atoms with E-state index in [2.05, 4.69) is 12.6 Å². The average Bonchev–Trinajstić information content (AvgIpc) is 2.11. The van der Waals surface area contributed by atoms with Crippen molar-refractivity contribution in [2.24, 2.45) is 0 Å². The maximum Gasteiger partial charge on any atom is 0.338 e. The molecule has 1 aromatic carbocycles. The number of esters is 1. The molecule has 1 aromatic rings. The first-order valence-electron chi connectivity index (χ1n) is 4.22. The number of benzene rings is 1. The van der Waals surface area contributed by atoms with Crippen LogP contribution in [0.1, 0.15) is 22.8 Å². The van der Waals surface area contributed by atoms with Gasteiger partial charge in [0.2, 0.25) is 0 Å². The Hall–Kier alpha value is -0.670. The van der Waals surface area contributed by atoms with Gasteiger partial charge in [-0.3, -0.25) is 0 Å². The van der Waals surface area contributed by atoms with Crippen LogP contribution in [0.3, 0.4) is 0 Å². The van der Waals surface area contributed by atoms with Crippen molar-refractivity contribution < 1.29 is 9.53 Å². The second-order valence-electron chi connectivity index (χ2n) is 2.82. The molecule has 0 N–H and O–H groups in total. The van der Waals surface area contributed by atoms with E-state index in [4.69, 9.17) is 16.3 Å². The molecule has 4 heteroatoms. The van der Waals surface area contributed by atoms with Crippen LogP contribution in [0.4, 0.5) is 0 Å². The number of carbonyl (C=O) groups excluding carboxylic acids is 1. The Morgan fingerprint density at radius 1 is 1.57 bits per heavy atom. The highest BCUT2D eigenvalue weighted by Crippen LogP contribution is 2.24. The maximum absolute atomic E-state index is 11.5. The van der Waals surface area contributed by atoms with Gasteiger partial charge in [0.15, 0.2) is 0 Å². The minimum atomic E-state index is -0.359. The minimum absolute atomic E-state index is 0.354. The molecular weight excluding hydrogens is 220 g/mol. The van der Waals surface area contributed by atoms with E-state index in [9.17, 15) is 4.79 Å². The van der Waals surface area contributed by atoms with Gasteiger partial charge < -0.3 is 4.74 Å². The van der Waals surface area contributed by atoms with Crippen molar-refractivity contribution in [3.8, 4) is 0 Å². The first-order valence-corrected chi connectivity index (χ1v) is 5.05. The van der Waals surface area contributed by atoms with Gasteiger partial charge in [0.05, 0.1) is 12.2 Å². The zero-order valence-corrected chi connectivity index (χ0v) is 9.65. The van der Waals surface area contributed by atoms with Crippen LogP contribution in [0.15, 0.2) is 17.0 Å². The van der Waals surface area contributed by atoms with E-state index >= 15 is 0 Å². The number of ether oxygens (including phenoxy) is 1. The van der Waals surface area contributed by atoms with Gasteiger partial charge in [-0.2, -0.15) is 0 Å². The van der Waals surface area contributed by atoms with Crippen molar-refractivity contribution in [1.82, 2.24) is 0 Å². The smallest absolute Gasteiger partial charge is 0.338 e. The molecule has 0 saturated carbocycles. The van der Waals surface area contributed by atoms with Crippen LogP contribution in [-0.2, 0) is 4.74 Å². The number of thiol groups is 1. The summed E-state index contributed by atoms with van der Waals surface area (Å²) < 4.78 is 4.89. The monoisotopic (exact) mass is 230 g/mol. The van der Waals surface area contributed by atoms with Crippen LogP contribution in [0.5, 0.6) is 0 Å². The van der Waals surface area contributed by atoms with E-state index in [0.29, 0.717) is 22.1 Å². The lowest BCUT2D eigenvalue weighted by molar-refractivity contribution is 0.0525. The molecule has 0 bridgehead atoms. The first-order chi connectivity index (χ1) is 6.56. The molecule has 2 nitrogen and oxygen atoms in total. The predicted octanol–water partition coefficient (Wildman–Crippen LogP) is 3.11. The third-order valence-corrected chi connectivity index (χ3v) is 2.48. The zero-order valence-electron chi connectivity index (χ0n) is 8.00. The first kappa shape index (κ1) is 11.4. The highest BCUT2D eigenvalue weighted by molar-refractivity contribution is 7.80. The van der Waals surface area contributed by atoms with Crippen LogP contribution in [0.25, 0.3) is 0 Å². The Morgan fingerprint density at radius 2 is 2.21 bits per heavy atom. The number of hydrogen-bond acceptors (Lipinski definition) is 3. The molecule has 0 fully saturated rings. The second-order valence-corrected chi connectivity index (χ2v) is 3.74. The summed E-state index contributed by atoms with van der Waals surface area (Å²) in [5, 5.41) is 0.528. The van der Waals surface area contributed by atoms with Gasteiger partial charge in [-0.1, -0.05) is 11.6 Å². The topological polar surface area (TPSA) is 26.3 Å². The van der Waals surface area contributed by atoms with Crippen LogP contribution in [0.2, 0.25) is 5.02 Å². The van der Waals surface area contributed by atoms with Gasteiger partial charge >= 0.3 is 5.97 Å². The van der Waals surface area contributed by atoms with Gasteiger partial charge in [-0.05, 0) is 31.5 Å². The molecule has 0 spiro atoms. The van der Waals surface area contributed by atoms with E-state index in [0.717, 1.165) is 5.56 Å². The van der Waals surface area contributed by atoms with E-state index in [1.165, 1.54) is 0 Å². The fourth-order valence-electron chi connectivity index (χ4n) is 1.09. The third-order valence-electron chi connectivity index (χ3n) is 1.82. The molecule has 0 aliphatic carbocycles. The normalized spacial score (nSPS) is 10.0. The summed E-state index contributed by atoms with van der Waals surface area (Å²) in [7, 11) is 0. The van der Waals surface area contributed by atoms with E-state index in [1.807, 2.05) is 0 Å². The van der Waals surface area contributed by atoms with Crippen LogP contribution in [0, 0.1) is 6.92 Å². The molecule has 0 aromatic heterocycles. The summed E-state index contributed by atoms with van der Waals surface area (Å²) in [5.74, 6) is -0.359. The number of hydrogen-bond donors (Lipinski definition) is 1. The summed E-state index contributed by atoms with van der Waals surface area (Å²) in [6, 6.07) is 3.35. The van der Waals surface area contributed by atoms with E-state index in [-0.39, 0.29) is 5.97 Å². The van der Waals surface area contributed by atoms with Crippen molar-refractivity contribution in [2.45, 2.75) is 18.7 Å². The molecule has 0 radical (unpaired) electrons. The van der Waals surface area contributed by atoms with E-state index < -0.39 is 0 Å². The van der Waals surface area contributed by atoms with E-state index in [1.54, 1.807) is 26.0 Å². The second kappa shape index (κ2) is 4.71. The molecule has 0 aliphatic heterocycles. The Kier molecular flexibility index (Phi) is 3.84. The zero-order chi connectivity index (χ0) is 10.7. The summed E-state index contributed by atoms with van der Waals surface area (Å²) in [5.41, 5.74) is 1.20. The quantitative estimate of drug-likeness (QED) is 0.624. The number of rotatable bonds is 2. The van der Waals surface area contributed by atoms with Crippen molar-refractivity contribution in [3.63, 3.8) is 0 Å². The lowest BCUT2D eigenvalue weighted by Crippen LogP contribution is -2.07.